The van der Waals surface area contributed by atoms with Gasteiger partial charge in [-0.1, -0.05) is 78.6 Å². The molecular formula is C15H39PSi4. The van der Waals surface area contributed by atoms with Crippen LogP contribution in [0.4, 0.5) is 0 Å². The van der Waals surface area contributed by atoms with Crippen LogP contribution >= 0.6 is 7.92 Å². The molecule has 1 fully saturated rings. The van der Waals surface area contributed by atoms with E-state index >= 15 is 0 Å². The zero-order valence-corrected chi connectivity index (χ0v) is 21.1. The highest BCUT2D eigenvalue weighted by molar-refractivity contribution is 7.81. The number of hydrogen-bond donors (Lipinski definition) is 0. The van der Waals surface area contributed by atoms with Gasteiger partial charge in [0, 0.05) is 8.07 Å². The maximum Gasteiger partial charge on any atom is 0.0530 e. The highest BCUT2D eigenvalue weighted by Crippen LogP contribution is 2.83. The molecule has 0 amide bonds. The van der Waals surface area contributed by atoms with Crippen LogP contribution in [0.15, 0.2) is 0 Å². The van der Waals surface area contributed by atoms with Gasteiger partial charge in [0.15, 0.2) is 0 Å². The predicted octanol–water partition coefficient (Wildman–Crippen LogP) is 6.10. The normalized spacial score (nSPS) is 27.6. The molecule has 0 saturated carbocycles. The van der Waals surface area contributed by atoms with Crippen LogP contribution in [0.1, 0.15) is 0 Å². The Bertz CT molecular complexity index is 351. The zero-order chi connectivity index (χ0) is 16.4. The first-order chi connectivity index (χ1) is 8.46. The third-order valence-corrected chi connectivity index (χ3v) is 33.9. The lowest BCUT2D eigenvalue weighted by molar-refractivity contribution is 1.15. The molecule has 0 aromatic carbocycles. The largest absolute Gasteiger partial charge is 0.108 e. The number of hydrogen-bond acceptors (Lipinski definition) is 0. The molecule has 0 N–H and O–H groups in total. The van der Waals surface area contributed by atoms with Gasteiger partial charge in [-0.15, -0.1) is 7.92 Å². The van der Waals surface area contributed by atoms with Crippen LogP contribution in [-0.4, -0.2) is 47.8 Å². The first kappa shape index (κ1) is 19.3. The molecule has 1 aliphatic rings. The fourth-order valence-electron chi connectivity index (χ4n) is 4.97. The molecule has 20 heavy (non-hydrogen) atoms. The second-order valence-corrected chi connectivity index (χ2v) is 37.5. The molecule has 0 spiro atoms. The van der Waals surface area contributed by atoms with Gasteiger partial charge in [0.05, 0.1) is 24.2 Å². The van der Waals surface area contributed by atoms with Crippen LogP contribution in [0.3, 0.4) is 0 Å². The van der Waals surface area contributed by atoms with Gasteiger partial charge in [-0.25, -0.2) is 0 Å². The third kappa shape index (κ3) is 3.29. The van der Waals surface area contributed by atoms with Gasteiger partial charge in [-0.2, -0.15) is 0 Å². The van der Waals surface area contributed by atoms with Crippen molar-refractivity contribution >= 4 is 40.2 Å². The molecule has 1 aliphatic heterocycles. The topological polar surface area (TPSA) is 0 Å². The molecule has 1 saturated heterocycles. The maximum atomic E-state index is 2.70. The Kier molecular flexibility index (Phi) is 4.98. The summed E-state index contributed by atoms with van der Waals surface area (Å²) in [4.78, 5) is 0. The maximum absolute atomic E-state index is 2.70. The van der Waals surface area contributed by atoms with Crippen molar-refractivity contribution in [3.05, 3.63) is 0 Å². The van der Waals surface area contributed by atoms with Gasteiger partial charge < -0.3 is 0 Å². The van der Waals surface area contributed by atoms with E-state index in [1.54, 1.807) is 5.79 Å². The summed E-state index contributed by atoms with van der Waals surface area (Å²) in [6.45, 7) is 32.0. The summed E-state index contributed by atoms with van der Waals surface area (Å²) in [7, 11) is -3.81. The van der Waals surface area contributed by atoms with E-state index in [9.17, 15) is 0 Å². The second kappa shape index (κ2) is 5.15. The van der Waals surface area contributed by atoms with Crippen LogP contribution < -0.4 is 0 Å². The van der Waals surface area contributed by atoms with Gasteiger partial charge in [0.25, 0.3) is 0 Å². The molecule has 0 aromatic heterocycles. The Morgan fingerprint density at radius 1 is 0.700 bits per heavy atom. The van der Waals surface area contributed by atoms with Crippen molar-refractivity contribution in [2.45, 2.75) is 88.2 Å². The molecule has 0 aromatic rings. The van der Waals surface area contributed by atoms with Crippen molar-refractivity contribution in [1.82, 2.24) is 0 Å². The lowest BCUT2D eigenvalue weighted by Crippen LogP contribution is -2.61. The van der Waals surface area contributed by atoms with Gasteiger partial charge in [0.2, 0.25) is 0 Å². The summed E-state index contributed by atoms with van der Waals surface area (Å²) >= 11 is 0. The summed E-state index contributed by atoms with van der Waals surface area (Å²) in [6.07, 6.45) is 0. The highest BCUT2D eigenvalue weighted by Gasteiger charge is 2.77. The van der Waals surface area contributed by atoms with Crippen LogP contribution in [0, 0.1) is 0 Å². The van der Waals surface area contributed by atoms with Crippen LogP contribution in [0.25, 0.3) is 0 Å². The van der Waals surface area contributed by atoms with E-state index in [-0.39, 0.29) is 0 Å². The molecule has 0 radical (unpaired) electrons. The van der Waals surface area contributed by atoms with Gasteiger partial charge in [-0.05, 0) is 15.5 Å². The molecule has 120 valence electrons. The average Bonchev–Trinajstić information content (AvgIpc) is 2.66. The van der Waals surface area contributed by atoms with Gasteiger partial charge in [-0.3, -0.25) is 0 Å². The molecule has 5 heteroatoms. The molecule has 1 heterocycles. The highest BCUT2D eigenvalue weighted by atomic mass is 31.1. The predicted molar refractivity (Wildman–Crippen MR) is 112 cm³/mol. The molecule has 0 aliphatic carbocycles. The number of rotatable bonds is 5. The van der Waals surface area contributed by atoms with Crippen LogP contribution in [-0.2, 0) is 0 Å². The standard InChI is InChI=1S/C15H39PSi4/c1-17(2,3)13-16-14(18(4,5)6)15(16,19(7,8)9)20(10,11)12/h14H,13H2,1-12H3/t14?,16-/m1/s1. The molecule has 1 unspecified atom stereocenters. The van der Waals surface area contributed by atoms with E-state index < -0.39 is 32.3 Å². The summed E-state index contributed by atoms with van der Waals surface area (Å²) < 4.78 is 0.889. The van der Waals surface area contributed by atoms with Gasteiger partial charge >= 0.3 is 0 Å². The van der Waals surface area contributed by atoms with Gasteiger partial charge in [0.1, 0.15) is 0 Å². The third-order valence-electron chi connectivity index (χ3n) is 4.84. The van der Waals surface area contributed by atoms with Crippen LogP contribution in [0.5, 0.6) is 0 Å². The first-order valence-electron chi connectivity index (χ1n) is 8.23. The van der Waals surface area contributed by atoms with Crippen molar-refractivity contribution < 1.29 is 0 Å². The molecule has 2 atom stereocenters. The first-order valence-corrected chi connectivity index (χ1v) is 24.1. The van der Waals surface area contributed by atoms with Crippen molar-refractivity contribution in [3.8, 4) is 0 Å². The van der Waals surface area contributed by atoms with E-state index in [1.807, 2.05) is 0 Å². The van der Waals surface area contributed by atoms with Crippen LogP contribution in [0.2, 0.25) is 78.6 Å². The van der Waals surface area contributed by atoms with Crippen molar-refractivity contribution in [1.29, 1.82) is 0 Å². The van der Waals surface area contributed by atoms with E-state index in [1.165, 1.54) is 5.28 Å². The van der Waals surface area contributed by atoms with E-state index in [0.29, 0.717) is 7.92 Å². The van der Waals surface area contributed by atoms with Crippen molar-refractivity contribution in [2.75, 3.05) is 5.79 Å². The fraction of sp³-hybridized carbons (Fsp3) is 1.00. The summed E-state index contributed by atoms with van der Waals surface area (Å²) in [5.74, 6) is 1.66. The quantitative estimate of drug-likeness (QED) is 0.409. The minimum atomic E-state index is -1.10. The monoisotopic (exact) mass is 362 g/mol. The minimum absolute atomic E-state index is 0.333. The SMILES string of the molecule is C[Si](C)(C)C[P@]1C([Si](C)(C)C)C1([Si](C)(C)C)[Si](C)(C)C. The molecular weight excluding hydrogens is 323 g/mol. The van der Waals surface area contributed by atoms with Crippen molar-refractivity contribution in [3.63, 3.8) is 0 Å². The average molecular weight is 363 g/mol. The Morgan fingerprint density at radius 3 is 1.20 bits per heavy atom. The van der Waals surface area contributed by atoms with E-state index in [4.69, 9.17) is 0 Å². The smallest absolute Gasteiger partial charge is 0.0530 e. The Balaban J connectivity index is 3.35. The zero-order valence-electron chi connectivity index (χ0n) is 16.2. The molecule has 1 rings (SSSR count). The Hall–Kier alpha value is 1.30. The summed E-state index contributed by atoms with van der Waals surface area (Å²) in [6, 6.07) is 0. The lowest BCUT2D eigenvalue weighted by atomic mass is 10.9. The summed E-state index contributed by atoms with van der Waals surface area (Å²) in [5.41, 5.74) is 0. The Labute approximate surface area is 134 Å². The fourth-order valence-corrected chi connectivity index (χ4v) is 48.2. The molecule has 0 bridgehead atoms. The molecule has 0 nitrogen and oxygen atoms in total. The lowest BCUT2D eigenvalue weighted by Gasteiger charge is -2.43. The summed E-state index contributed by atoms with van der Waals surface area (Å²) in [5, 5.41) is 1.19. The van der Waals surface area contributed by atoms with Crippen molar-refractivity contribution in [2.24, 2.45) is 0 Å². The second-order valence-electron chi connectivity index (χ2n) is 11.2. The Morgan fingerprint density at radius 2 is 1.05 bits per heavy atom. The van der Waals surface area contributed by atoms with E-state index in [2.05, 4.69) is 78.6 Å². The van der Waals surface area contributed by atoms with E-state index in [0.717, 1.165) is 4.40 Å². The minimum Gasteiger partial charge on any atom is -0.108 e.